The van der Waals surface area contributed by atoms with Crippen molar-refractivity contribution in [2.24, 2.45) is 0 Å². The van der Waals surface area contributed by atoms with Crippen LogP contribution in [0.2, 0.25) is 0 Å². The molecule has 1 heterocycles. The number of carbonyl (C=O) groups excluding carboxylic acids is 1. The zero-order valence-electron chi connectivity index (χ0n) is 13.1. The van der Waals surface area contributed by atoms with Crippen molar-refractivity contribution in [3.05, 3.63) is 36.2 Å². The monoisotopic (exact) mass is 318 g/mol. The molecule has 2 N–H and O–H groups in total. The number of fused-ring (bicyclic) bond motifs is 1. The lowest BCUT2D eigenvalue weighted by molar-refractivity contribution is 0.0209. The van der Waals surface area contributed by atoms with E-state index in [1.165, 1.54) is 0 Å². The third-order valence-corrected chi connectivity index (χ3v) is 2.88. The van der Waals surface area contributed by atoms with E-state index in [0.717, 1.165) is 5.56 Å². The molecule has 0 aliphatic carbocycles. The molecule has 1 aromatic heterocycles. The Bertz CT molecular complexity index is 737. The summed E-state index contributed by atoms with van der Waals surface area (Å²) in [5.74, 6) is 0.329. The molecular weight excluding hydrogens is 300 g/mol. The topological polar surface area (TPSA) is 97.8 Å². The SMILES string of the molecule is CC(C)(C)OC(=O)Oc1ccc(CNC(=O)O)c2cnccc12. The summed E-state index contributed by atoms with van der Waals surface area (Å²) in [6.45, 7) is 5.37. The lowest BCUT2D eigenvalue weighted by Gasteiger charge is -2.19. The van der Waals surface area contributed by atoms with Crippen LogP contribution < -0.4 is 10.1 Å². The first-order valence-electron chi connectivity index (χ1n) is 6.99. The highest BCUT2D eigenvalue weighted by molar-refractivity contribution is 5.91. The minimum absolute atomic E-state index is 0.129. The van der Waals surface area contributed by atoms with E-state index in [2.05, 4.69) is 10.3 Å². The second-order valence-corrected chi connectivity index (χ2v) is 5.87. The molecule has 1 aromatic carbocycles. The van der Waals surface area contributed by atoms with E-state index in [9.17, 15) is 9.59 Å². The van der Waals surface area contributed by atoms with Gasteiger partial charge in [0.05, 0.1) is 0 Å². The Balaban J connectivity index is 2.30. The Morgan fingerprint density at radius 2 is 1.96 bits per heavy atom. The molecule has 2 rings (SSSR count). The van der Waals surface area contributed by atoms with E-state index in [4.69, 9.17) is 14.6 Å². The van der Waals surface area contributed by atoms with Crippen molar-refractivity contribution in [3.63, 3.8) is 0 Å². The molecule has 0 atom stereocenters. The van der Waals surface area contributed by atoms with Crippen LogP contribution in [-0.4, -0.2) is 27.9 Å². The summed E-state index contributed by atoms with van der Waals surface area (Å²) in [4.78, 5) is 26.5. The summed E-state index contributed by atoms with van der Waals surface area (Å²) in [5.41, 5.74) is 0.0758. The molecule has 122 valence electrons. The maximum absolute atomic E-state index is 11.8. The van der Waals surface area contributed by atoms with E-state index in [-0.39, 0.29) is 6.54 Å². The average molecular weight is 318 g/mol. The molecule has 0 saturated heterocycles. The number of carbonyl (C=O) groups is 2. The number of nitrogens with one attached hydrogen (secondary N) is 1. The van der Waals surface area contributed by atoms with Crippen molar-refractivity contribution < 1.29 is 24.2 Å². The van der Waals surface area contributed by atoms with Gasteiger partial charge in [0.2, 0.25) is 0 Å². The molecule has 0 saturated carbocycles. The van der Waals surface area contributed by atoms with Crippen LogP contribution in [-0.2, 0) is 11.3 Å². The number of pyridine rings is 1. The van der Waals surface area contributed by atoms with E-state index < -0.39 is 17.8 Å². The van der Waals surface area contributed by atoms with Crippen LogP contribution in [0.5, 0.6) is 5.75 Å². The molecule has 0 spiro atoms. The van der Waals surface area contributed by atoms with Crippen molar-refractivity contribution in [1.29, 1.82) is 0 Å². The molecule has 0 bridgehead atoms. The smallest absolute Gasteiger partial charge is 0.465 e. The normalized spacial score (nSPS) is 11.1. The Kier molecular flexibility index (Phi) is 4.68. The third-order valence-electron chi connectivity index (χ3n) is 2.88. The van der Waals surface area contributed by atoms with Gasteiger partial charge in [-0.2, -0.15) is 0 Å². The van der Waals surface area contributed by atoms with Gasteiger partial charge in [-0.05, 0) is 38.5 Å². The van der Waals surface area contributed by atoms with Crippen molar-refractivity contribution in [2.75, 3.05) is 0 Å². The largest absolute Gasteiger partial charge is 0.514 e. The van der Waals surface area contributed by atoms with Crippen molar-refractivity contribution in [3.8, 4) is 5.75 Å². The van der Waals surface area contributed by atoms with Crippen LogP contribution in [0.4, 0.5) is 9.59 Å². The van der Waals surface area contributed by atoms with E-state index in [1.807, 2.05) is 0 Å². The third kappa shape index (κ3) is 4.57. The van der Waals surface area contributed by atoms with Crippen LogP contribution in [0.15, 0.2) is 30.6 Å². The van der Waals surface area contributed by atoms with E-state index in [0.29, 0.717) is 16.5 Å². The van der Waals surface area contributed by atoms with Gasteiger partial charge in [-0.15, -0.1) is 0 Å². The zero-order chi connectivity index (χ0) is 17.0. The number of hydrogen-bond donors (Lipinski definition) is 2. The summed E-state index contributed by atoms with van der Waals surface area (Å²) >= 11 is 0. The highest BCUT2D eigenvalue weighted by Gasteiger charge is 2.19. The predicted octanol–water partition coefficient (Wildman–Crippen LogP) is 3.32. The van der Waals surface area contributed by atoms with Gasteiger partial charge in [-0.1, -0.05) is 6.07 Å². The average Bonchev–Trinajstić information content (AvgIpc) is 2.44. The maximum Gasteiger partial charge on any atom is 0.514 e. The molecule has 0 radical (unpaired) electrons. The molecule has 23 heavy (non-hydrogen) atoms. The van der Waals surface area contributed by atoms with Gasteiger partial charge in [0.15, 0.2) is 0 Å². The lowest BCUT2D eigenvalue weighted by Crippen LogP contribution is -2.26. The highest BCUT2D eigenvalue weighted by atomic mass is 16.7. The second kappa shape index (κ2) is 6.51. The van der Waals surface area contributed by atoms with E-state index >= 15 is 0 Å². The number of ether oxygens (including phenoxy) is 2. The number of amides is 1. The minimum atomic E-state index is -1.11. The fourth-order valence-electron chi connectivity index (χ4n) is 2.00. The summed E-state index contributed by atoms with van der Waals surface area (Å²) in [6.07, 6.45) is 1.25. The van der Waals surface area contributed by atoms with Crippen molar-refractivity contribution >= 4 is 23.0 Å². The van der Waals surface area contributed by atoms with Gasteiger partial charge in [-0.3, -0.25) is 4.98 Å². The molecule has 0 aliphatic heterocycles. The Morgan fingerprint density at radius 3 is 2.61 bits per heavy atom. The van der Waals surface area contributed by atoms with Gasteiger partial charge < -0.3 is 19.9 Å². The Labute approximate surface area is 133 Å². The molecular formula is C16H18N2O5. The van der Waals surface area contributed by atoms with E-state index in [1.54, 1.807) is 51.4 Å². The van der Waals surface area contributed by atoms with Crippen molar-refractivity contribution in [2.45, 2.75) is 32.9 Å². The molecule has 7 nitrogen and oxygen atoms in total. The number of hydrogen-bond acceptors (Lipinski definition) is 5. The number of benzene rings is 1. The zero-order valence-corrected chi connectivity index (χ0v) is 13.1. The molecule has 1 amide bonds. The Hall–Kier alpha value is -2.83. The van der Waals surface area contributed by atoms with Crippen LogP contribution in [0.3, 0.4) is 0 Å². The lowest BCUT2D eigenvalue weighted by atomic mass is 10.1. The summed E-state index contributed by atoms with van der Waals surface area (Å²) < 4.78 is 10.4. The molecule has 0 fully saturated rings. The standard InChI is InChI=1S/C16H18N2O5/c1-16(2,3)23-15(21)22-13-5-4-10(8-18-14(19)20)12-9-17-7-6-11(12)13/h4-7,9,18H,8H2,1-3H3,(H,19,20). The first kappa shape index (κ1) is 16.5. The minimum Gasteiger partial charge on any atom is -0.465 e. The fourth-order valence-corrected chi connectivity index (χ4v) is 2.00. The fraction of sp³-hybridized carbons (Fsp3) is 0.312. The van der Waals surface area contributed by atoms with Crippen LogP contribution in [0.25, 0.3) is 10.8 Å². The van der Waals surface area contributed by atoms with Crippen LogP contribution in [0, 0.1) is 0 Å². The summed E-state index contributed by atoms with van der Waals surface area (Å²) in [5, 5.41) is 12.4. The first-order valence-corrected chi connectivity index (χ1v) is 6.99. The quantitative estimate of drug-likeness (QED) is 0.665. The summed E-state index contributed by atoms with van der Waals surface area (Å²) in [7, 11) is 0. The molecule has 7 heteroatoms. The van der Waals surface area contributed by atoms with Gasteiger partial charge in [0.1, 0.15) is 11.4 Å². The van der Waals surface area contributed by atoms with Crippen LogP contribution >= 0.6 is 0 Å². The molecule has 0 unspecified atom stereocenters. The number of rotatable bonds is 3. The number of carboxylic acid groups (broad SMARTS) is 1. The van der Waals surface area contributed by atoms with Gasteiger partial charge in [0, 0.05) is 29.7 Å². The second-order valence-electron chi connectivity index (χ2n) is 5.87. The Morgan fingerprint density at radius 1 is 1.22 bits per heavy atom. The maximum atomic E-state index is 11.8. The van der Waals surface area contributed by atoms with Gasteiger partial charge in [-0.25, -0.2) is 9.59 Å². The molecule has 0 aliphatic rings. The number of nitrogens with zero attached hydrogens (tertiary/aromatic N) is 1. The summed E-state index contributed by atoms with van der Waals surface area (Å²) in [6, 6.07) is 4.98. The van der Waals surface area contributed by atoms with Crippen molar-refractivity contribution in [1.82, 2.24) is 10.3 Å². The number of aromatic nitrogens is 1. The first-order chi connectivity index (χ1) is 10.8. The highest BCUT2D eigenvalue weighted by Crippen LogP contribution is 2.28. The predicted molar refractivity (Wildman–Crippen MR) is 83.5 cm³/mol. The van der Waals surface area contributed by atoms with Crippen LogP contribution in [0.1, 0.15) is 26.3 Å². The van der Waals surface area contributed by atoms with Gasteiger partial charge in [0.25, 0.3) is 0 Å². The molecule has 2 aromatic rings. The van der Waals surface area contributed by atoms with Gasteiger partial charge >= 0.3 is 12.2 Å².